The molecule has 0 spiro atoms. The van der Waals surface area contributed by atoms with Crippen molar-refractivity contribution in [3.8, 4) is 0 Å². The molecule has 0 amide bonds. The predicted molar refractivity (Wildman–Crippen MR) is 82.7 cm³/mol. The van der Waals surface area contributed by atoms with Gasteiger partial charge in [-0.2, -0.15) is 0 Å². The van der Waals surface area contributed by atoms with Crippen molar-refractivity contribution in [1.29, 1.82) is 0 Å². The van der Waals surface area contributed by atoms with E-state index in [0.717, 1.165) is 30.4 Å². The highest BCUT2D eigenvalue weighted by molar-refractivity contribution is 7.89. The van der Waals surface area contributed by atoms with Gasteiger partial charge in [0, 0.05) is 20.2 Å². The Morgan fingerprint density at radius 2 is 2.05 bits per heavy atom. The molecule has 1 saturated carbocycles. The van der Waals surface area contributed by atoms with Crippen LogP contribution in [-0.4, -0.2) is 34.7 Å². The van der Waals surface area contributed by atoms with E-state index in [4.69, 9.17) is 4.74 Å². The van der Waals surface area contributed by atoms with Gasteiger partial charge in [-0.15, -0.1) is 0 Å². The Hall–Kier alpha value is -0.950. The van der Waals surface area contributed by atoms with Crippen LogP contribution in [0.15, 0.2) is 23.1 Å². The van der Waals surface area contributed by atoms with Crippen molar-refractivity contribution in [2.24, 2.45) is 0 Å². The Labute approximate surface area is 127 Å². The van der Waals surface area contributed by atoms with Crippen molar-refractivity contribution in [2.75, 3.05) is 20.7 Å². The van der Waals surface area contributed by atoms with E-state index in [-0.39, 0.29) is 5.60 Å². The van der Waals surface area contributed by atoms with Crippen LogP contribution < -0.4 is 10.0 Å². The average Bonchev–Trinajstić information content (AvgIpc) is 2.40. The van der Waals surface area contributed by atoms with E-state index in [1.807, 2.05) is 20.0 Å². The lowest BCUT2D eigenvalue weighted by atomic mass is 9.80. The first-order valence-electron chi connectivity index (χ1n) is 7.22. The predicted octanol–water partition coefficient (Wildman–Crippen LogP) is 1.56. The van der Waals surface area contributed by atoms with Gasteiger partial charge in [0.2, 0.25) is 10.0 Å². The summed E-state index contributed by atoms with van der Waals surface area (Å²) in [7, 11) is -0.0189. The second kappa shape index (κ2) is 6.44. The third kappa shape index (κ3) is 3.45. The van der Waals surface area contributed by atoms with E-state index in [1.54, 1.807) is 19.2 Å². The van der Waals surface area contributed by atoms with Crippen LogP contribution >= 0.6 is 0 Å². The SMILES string of the molecule is CNCc1cccc(S(=O)(=O)NCC2(OC)CCC2)c1C. The number of hydrogen-bond acceptors (Lipinski definition) is 4. The Morgan fingerprint density at radius 1 is 1.33 bits per heavy atom. The van der Waals surface area contributed by atoms with Gasteiger partial charge in [0.25, 0.3) is 0 Å². The van der Waals surface area contributed by atoms with Crippen LogP contribution in [0.2, 0.25) is 0 Å². The summed E-state index contributed by atoms with van der Waals surface area (Å²) in [6.45, 7) is 2.83. The van der Waals surface area contributed by atoms with Crippen LogP contribution in [0, 0.1) is 6.92 Å². The molecule has 0 aliphatic heterocycles. The summed E-state index contributed by atoms with van der Waals surface area (Å²) in [5, 5.41) is 3.05. The van der Waals surface area contributed by atoms with Crippen LogP contribution in [0.1, 0.15) is 30.4 Å². The maximum Gasteiger partial charge on any atom is 0.240 e. The minimum Gasteiger partial charge on any atom is -0.377 e. The lowest BCUT2D eigenvalue weighted by Crippen LogP contribution is -2.49. The second-order valence-corrected chi connectivity index (χ2v) is 7.37. The highest BCUT2D eigenvalue weighted by Gasteiger charge is 2.38. The number of ether oxygens (including phenoxy) is 1. The van der Waals surface area contributed by atoms with Crippen molar-refractivity contribution in [3.63, 3.8) is 0 Å². The average molecular weight is 312 g/mol. The summed E-state index contributed by atoms with van der Waals surface area (Å²) in [5.41, 5.74) is 1.47. The molecular weight excluding hydrogens is 288 g/mol. The number of sulfonamides is 1. The second-order valence-electron chi connectivity index (χ2n) is 5.64. The molecule has 1 aliphatic rings. The summed E-state index contributed by atoms with van der Waals surface area (Å²) in [5.74, 6) is 0. The smallest absolute Gasteiger partial charge is 0.240 e. The molecule has 1 aliphatic carbocycles. The Balaban J connectivity index is 2.17. The van der Waals surface area contributed by atoms with E-state index in [9.17, 15) is 8.42 Å². The Morgan fingerprint density at radius 3 is 2.57 bits per heavy atom. The van der Waals surface area contributed by atoms with Crippen molar-refractivity contribution < 1.29 is 13.2 Å². The lowest BCUT2D eigenvalue weighted by molar-refractivity contribution is -0.0659. The van der Waals surface area contributed by atoms with Crippen LogP contribution in [-0.2, 0) is 21.3 Å². The molecule has 2 rings (SSSR count). The fourth-order valence-corrected chi connectivity index (χ4v) is 4.06. The molecule has 1 aromatic rings. The quantitative estimate of drug-likeness (QED) is 0.802. The van der Waals surface area contributed by atoms with Crippen LogP contribution in [0.5, 0.6) is 0 Å². The fourth-order valence-electron chi connectivity index (χ4n) is 2.66. The van der Waals surface area contributed by atoms with Crippen molar-refractivity contribution in [2.45, 2.75) is 43.2 Å². The largest absolute Gasteiger partial charge is 0.377 e. The normalized spacial score (nSPS) is 17.5. The van der Waals surface area contributed by atoms with Crippen LogP contribution in [0.4, 0.5) is 0 Å². The molecule has 0 aromatic heterocycles. The first-order chi connectivity index (χ1) is 9.94. The molecule has 6 heteroatoms. The van der Waals surface area contributed by atoms with Crippen molar-refractivity contribution in [1.82, 2.24) is 10.0 Å². The molecule has 1 aromatic carbocycles. The molecule has 0 atom stereocenters. The van der Waals surface area contributed by atoms with Gasteiger partial charge in [0.05, 0.1) is 10.5 Å². The minimum absolute atomic E-state index is 0.316. The Bertz CT molecular complexity index is 589. The molecular formula is C15H24N2O3S. The van der Waals surface area contributed by atoms with Gasteiger partial charge in [0.15, 0.2) is 0 Å². The molecule has 0 radical (unpaired) electrons. The van der Waals surface area contributed by atoms with E-state index in [1.165, 1.54) is 0 Å². The van der Waals surface area contributed by atoms with Crippen molar-refractivity contribution >= 4 is 10.0 Å². The van der Waals surface area contributed by atoms with E-state index in [2.05, 4.69) is 10.0 Å². The molecule has 0 unspecified atom stereocenters. The van der Waals surface area contributed by atoms with E-state index in [0.29, 0.717) is 18.0 Å². The fraction of sp³-hybridized carbons (Fsp3) is 0.600. The lowest BCUT2D eigenvalue weighted by Gasteiger charge is -2.40. The van der Waals surface area contributed by atoms with Crippen LogP contribution in [0.25, 0.3) is 0 Å². The molecule has 0 heterocycles. The molecule has 5 nitrogen and oxygen atoms in total. The number of hydrogen-bond donors (Lipinski definition) is 2. The summed E-state index contributed by atoms with van der Waals surface area (Å²) in [6, 6.07) is 5.37. The molecule has 1 fully saturated rings. The topological polar surface area (TPSA) is 67.4 Å². The zero-order valence-corrected chi connectivity index (χ0v) is 13.7. The van der Waals surface area contributed by atoms with Crippen molar-refractivity contribution in [3.05, 3.63) is 29.3 Å². The summed E-state index contributed by atoms with van der Waals surface area (Å²) in [6.07, 6.45) is 2.90. The molecule has 0 saturated heterocycles. The third-order valence-electron chi connectivity index (χ3n) is 4.34. The van der Waals surface area contributed by atoms with Gasteiger partial charge in [-0.25, -0.2) is 13.1 Å². The maximum atomic E-state index is 12.5. The van der Waals surface area contributed by atoms with Gasteiger partial charge in [-0.3, -0.25) is 0 Å². The van der Waals surface area contributed by atoms with E-state index >= 15 is 0 Å². The number of rotatable bonds is 7. The third-order valence-corrected chi connectivity index (χ3v) is 5.88. The number of benzene rings is 1. The summed E-state index contributed by atoms with van der Waals surface area (Å²) >= 11 is 0. The van der Waals surface area contributed by atoms with Gasteiger partial charge >= 0.3 is 0 Å². The molecule has 118 valence electrons. The summed E-state index contributed by atoms with van der Waals surface area (Å²) < 4.78 is 33.2. The van der Waals surface area contributed by atoms with Gasteiger partial charge in [-0.05, 0) is 50.4 Å². The molecule has 21 heavy (non-hydrogen) atoms. The highest BCUT2D eigenvalue weighted by atomic mass is 32.2. The first kappa shape index (κ1) is 16.4. The first-order valence-corrected chi connectivity index (χ1v) is 8.70. The van der Waals surface area contributed by atoms with Crippen LogP contribution in [0.3, 0.4) is 0 Å². The van der Waals surface area contributed by atoms with Gasteiger partial charge in [-0.1, -0.05) is 12.1 Å². The zero-order valence-electron chi connectivity index (χ0n) is 12.9. The minimum atomic E-state index is -3.51. The molecule has 0 bridgehead atoms. The summed E-state index contributed by atoms with van der Waals surface area (Å²) in [4.78, 5) is 0.348. The highest BCUT2D eigenvalue weighted by Crippen LogP contribution is 2.34. The van der Waals surface area contributed by atoms with Gasteiger partial charge in [0.1, 0.15) is 0 Å². The Kier molecular flexibility index (Phi) is 5.03. The standard InChI is InChI=1S/C15H24N2O3S/c1-12-13(10-16-2)6-4-7-14(12)21(18,19)17-11-15(20-3)8-5-9-15/h4,6-7,16-17H,5,8-11H2,1-3H3. The maximum absolute atomic E-state index is 12.5. The monoisotopic (exact) mass is 312 g/mol. The molecule has 2 N–H and O–H groups in total. The zero-order chi connectivity index (χ0) is 15.5. The van der Waals surface area contributed by atoms with Gasteiger partial charge < -0.3 is 10.1 Å². The number of methoxy groups -OCH3 is 1. The number of nitrogens with one attached hydrogen (secondary N) is 2. The van der Waals surface area contributed by atoms with E-state index < -0.39 is 10.0 Å².